The second-order valence-electron chi connectivity index (χ2n) is 3.73. The van der Waals surface area contributed by atoms with Gasteiger partial charge in [-0.25, -0.2) is 0 Å². The van der Waals surface area contributed by atoms with Crippen LogP contribution >= 0.6 is 0 Å². The van der Waals surface area contributed by atoms with Crippen LogP contribution < -0.4 is 11.5 Å². The van der Waals surface area contributed by atoms with Crippen LogP contribution in [0.5, 0.6) is 0 Å². The highest BCUT2D eigenvalue weighted by Gasteiger charge is 2.24. The van der Waals surface area contributed by atoms with Crippen molar-refractivity contribution in [1.82, 2.24) is 9.97 Å². The van der Waals surface area contributed by atoms with Gasteiger partial charge in [-0.1, -0.05) is 0 Å². The number of nitrogens with zero attached hydrogens (tertiary/aromatic N) is 4. The molecule has 0 aliphatic carbocycles. The summed E-state index contributed by atoms with van der Waals surface area (Å²) >= 11 is 0. The number of pyridine rings is 2. The van der Waals surface area contributed by atoms with Crippen LogP contribution in [0.4, 0.5) is 23.0 Å². The van der Waals surface area contributed by atoms with E-state index >= 15 is 0 Å². The smallest absolute Gasteiger partial charge is 0.364 e. The summed E-state index contributed by atoms with van der Waals surface area (Å²) < 4.78 is 0. The van der Waals surface area contributed by atoms with Crippen molar-refractivity contribution >= 4 is 23.0 Å². The molecule has 0 amide bonds. The molecule has 0 aliphatic heterocycles. The monoisotopic (exact) mass is 276 g/mol. The molecule has 10 nitrogen and oxygen atoms in total. The first kappa shape index (κ1) is 13.1. The summed E-state index contributed by atoms with van der Waals surface area (Å²) in [5, 5.41) is 21.4. The van der Waals surface area contributed by atoms with Crippen LogP contribution in [0.15, 0.2) is 24.3 Å². The highest BCUT2D eigenvalue weighted by molar-refractivity contribution is 5.79. The fourth-order valence-corrected chi connectivity index (χ4v) is 1.50. The molecule has 0 radical (unpaired) electrons. The zero-order valence-corrected chi connectivity index (χ0v) is 9.89. The Hall–Kier alpha value is -3.30. The van der Waals surface area contributed by atoms with Gasteiger partial charge in [0.1, 0.15) is 0 Å². The van der Waals surface area contributed by atoms with Crippen molar-refractivity contribution in [3.05, 3.63) is 44.5 Å². The summed E-state index contributed by atoms with van der Waals surface area (Å²) in [6, 6.07) is 4.76. The lowest BCUT2D eigenvalue weighted by molar-refractivity contribution is -0.389. The number of nitro groups is 2. The maximum absolute atomic E-state index is 10.7. The van der Waals surface area contributed by atoms with Crippen LogP contribution in [0.25, 0.3) is 11.4 Å². The van der Waals surface area contributed by atoms with Crippen molar-refractivity contribution in [3.63, 3.8) is 0 Å². The maximum atomic E-state index is 10.7. The summed E-state index contributed by atoms with van der Waals surface area (Å²) in [4.78, 5) is 27.4. The second kappa shape index (κ2) is 4.76. The molecular formula is C10H8N6O4. The van der Waals surface area contributed by atoms with Crippen molar-refractivity contribution in [2.45, 2.75) is 0 Å². The molecule has 0 bridgehead atoms. The zero-order chi connectivity index (χ0) is 14.9. The number of anilines is 2. The van der Waals surface area contributed by atoms with E-state index in [1.165, 1.54) is 12.1 Å². The normalized spacial score (nSPS) is 10.2. The Balaban J connectivity index is 2.67. The third kappa shape index (κ3) is 2.29. The molecule has 20 heavy (non-hydrogen) atoms. The predicted molar refractivity (Wildman–Crippen MR) is 69.6 cm³/mol. The summed E-state index contributed by atoms with van der Waals surface area (Å²) in [7, 11) is 0. The number of aromatic nitrogens is 2. The minimum absolute atomic E-state index is 0.0691. The summed E-state index contributed by atoms with van der Waals surface area (Å²) in [5.41, 5.74) is 11.4. The van der Waals surface area contributed by atoms with Crippen LogP contribution in [-0.4, -0.2) is 19.8 Å². The molecule has 0 spiro atoms. The van der Waals surface area contributed by atoms with Gasteiger partial charge in [0, 0.05) is 12.1 Å². The van der Waals surface area contributed by atoms with Gasteiger partial charge in [-0.05, 0) is 31.9 Å². The fourth-order valence-electron chi connectivity index (χ4n) is 1.50. The van der Waals surface area contributed by atoms with Gasteiger partial charge >= 0.3 is 11.6 Å². The molecule has 0 saturated heterocycles. The van der Waals surface area contributed by atoms with E-state index in [0.717, 1.165) is 12.1 Å². The topological polar surface area (TPSA) is 164 Å². The Morgan fingerprint density at radius 3 is 1.45 bits per heavy atom. The Kier molecular flexibility index (Phi) is 3.13. The molecule has 102 valence electrons. The average molecular weight is 276 g/mol. The van der Waals surface area contributed by atoms with Crippen molar-refractivity contribution in [3.8, 4) is 11.4 Å². The lowest BCUT2D eigenvalue weighted by atomic mass is 10.2. The van der Waals surface area contributed by atoms with E-state index in [9.17, 15) is 20.2 Å². The molecular weight excluding hydrogens is 268 g/mol. The van der Waals surface area contributed by atoms with E-state index < -0.39 is 21.5 Å². The first-order valence-electron chi connectivity index (χ1n) is 5.22. The third-order valence-corrected chi connectivity index (χ3v) is 2.42. The molecule has 0 saturated carbocycles. The van der Waals surface area contributed by atoms with Crippen molar-refractivity contribution in [1.29, 1.82) is 0 Å². The average Bonchev–Trinajstić information content (AvgIpc) is 2.39. The van der Waals surface area contributed by atoms with Crippen molar-refractivity contribution in [2.24, 2.45) is 0 Å². The molecule has 0 fully saturated rings. The fraction of sp³-hybridized carbons (Fsp3) is 0. The SMILES string of the molecule is Nc1ccc([N+](=O)[O-])nc1-c1nc([N+](=O)[O-])ccc1N. The minimum atomic E-state index is -0.712. The van der Waals surface area contributed by atoms with E-state index in [0.29, 0.717) is 0 Å². The molecule has 0 aromatic carbocycles. The first-order chi connectivity index (χ1) is 9.40. The van der Waals surface area contributed by atoms with Gasteiger partial charge in [0.15, 0.2) is 0 Å². The van der Waals surface area contributed by atoms with Gasteiger partial charge in [-0.15, -0.1) is 0 Å². The van der Waals surface area contributed by atoms with E-state index in [4.69, 9.17) is 11.5 Å². The molecule has 0 aliphatic rings. The molecule has 2 aromatic rings. The van der Waals surface area contributed by atoms with Gasteiger partial charge in [0.2, 0.25) is 0 Å². The molecule has 10 heteroatoms. The highest BCUT2D eigenvalue weighted by Crippen LogP contribution is 2.30. The summed E-state index contributed by atoms with van der Waals surface area (Å²) in [6.07, 6.45) is 0. The lowest BCUT2D eigenvalue weighted by Gasteiger charge is -2.01. The zero-order valence-electron chi connectivity index (χ0n) is 9.89. The highest BCUT2D eigenvalue weighted by atomic mass is 16.6. The van der Waals surface area contributed by atoms with Crippen molar-refractivity contribution in [2.75, 3.05) is 11.5 Å². The largest absolute Gasteiger partial charge is 0.395 e. The van der Waals surface area contributed by atoms with Gasteiger partial charge < -0.3 is 31.7 Å². The molecule has 2 rings (SSSR count). The second-order valence-corrected chi connectivity index (χ2v) is 3.73. The van der Waals surface area contributed by atoms with Crippen LogP contribution in [0, 0.1) is 20.2 Å². The van der Waals surface area contributed by atoms with Gasteiger partial charge in [-0.3, -0.25) is 0 Å². The standard InChI is InChI=1S/C10H8N6O4/c11-5-1-3-7(15(17)18)13-9(5)10-6(12)2-4-8(14-10)16(19)20/h1-4H,11-12H2. The van der Waals surface area contributed by atoms with E-state index in [2.05, 4.69) is 9.97 Å². The molecule has 2 heterocycles. The first-order valence-corrected chi connectivity index (χ1v) is 5.22. The van der Waals surface area contributed by atoms with E-state index in [1.54, 1.807) is 0 Å². The van der Waals surface area contributed by atoms with Gasteiger partial charge in [0.05, 0.1) is 11.4 Å². The molecule has 4 N–H and O–H groups in total. The Labute approximate surface area is 111 Å². The third-order valence-electron chi connectivity index (χ3n) is 2.42. The predicted octanol–water partition coefficient (Wildman–Crippen LogP) is 1.12. The Bertz CT molecular complexity index is 655. The molecule has 2 aromatic heterocycles. The van der Waals surface area contributed by atoms with Crippen LogP contribution in [0.1, 0.15) is 0 Å². The van der Waals surface area contributed by atoms with Crippen molar-refractivity contribution < 1.29 is 9.85 Å². The van der Waals surface area contributed by atoms with Crippen LogP contribution in [0.2, 0.25) is 0 Å². The van der Waals surface area contributed by atoms with E-state index in [-0.39, 0.29) is 22.8 Å². The van der Waals surface area contributed by atoms with Crippen LogP contribution in [-0.2, 0) is 0 Å². The Morgan fingerprint density at radius 1 is 0.800 bits per heavy atom. The molecule has 0 unspecified atom stereocenters. The number of nitrogen functional groups attached to an aromatic ring is 2. The summed E-state index contributed by atoms with van der Waals surface area (Å²) in [5.74, 6) is -0.913. The number of rotatable bonds is 3. The lowest BCUT2D eigenvalue weighted by Crippen LogP contribution is -2.03. The van der Waals surface area contributed by atoms with Crippen LogP contribution in [0.3, 0.4) is 0 Å². The minimum Gasteiger partial charge on any atom is -0.395 e. The maximum Gasteiger partial charge on any atom is 0.364 e. The van der Waals surface area contributed by atoms with E-state index in [1.807, 2.05) is 0 Å². The number of hydrogen-bond acceptors (Lipinski definition) is 8. The quantitative estimate of drug-likeness (QED) is 0.621. The Morgan fingerprint density at radius 2 is 1.15 bits per heavy atom. The number of hydrogen-bond donors (Lipinski definition) is 2. The van der Waals surface area contributed by atoms with Gasteiger partial charge in [0.25, 0.3) is 11.4 Å². The summed E-state index contributed by atoms with van der Waals surface area (Å²) in [6.45, 7) is 0. The number of nitrogens with two attached hydrogens (primary N) is 2. The van der Waals surface area contributed by atoms with Gasteiger partial charge in [-0.2, -0.15) is 0 Å². The molecule has 0 atom stereocenters.